The number of imidazole rings is 1. The second kappa shape index (κ2) is 10.4. The van der Waals surface area contributed by atoms with Gasteiger partial charge < -0.3 is 15.2 Å². The summed E-state index contributed by atoms with van der Waals surface area (Å²) in [6.45, 7) is 4.73. The number of halogens is 7. The van der Waals surface area contributed by atoms with Crippen LogP contribution in [-0.4, -0.2) is 49.1 Å². The van der Waals surface area contributed by atoms with Gasteiger partial charge >= 0.3 is 12.1 Å². The largest absolute Gasteiger partial charge is 0.470 e. The molecule has 0 fully saturated rings. The highest BCUT2D eigenvalue weighted by atomic mass is 19.4. The summed E-state index contributed by atoms with van der Waals surface area (Å²) in [6.07, 6.45) is -6.95. The number of hydrogen-bond donors (Lipinski definition) is 2. The normalized spacial score (nSPS) is 13.6. The Hall–Kier alpha value is -3.42. The number of nitrogens with zero attached hydrogens (tertiary/aromatic N) is 3. The Bertz CT molecular complexity index is 1310. The third kappa shape index (κ3) is 6.17. The van der Waals surface area contributed by atoms with Crippen molar-refractivity contribution in [2.75, 3.05) is 0 Å². The van der Waals surface area contributed by atoms with Crippen molar-refractivity contribution in [3.05, 3.63) is 58.7 Å². The number of aliphatic hydroxyl groups is 1. The molecule has 3 aromatic rings. The van der Waals surface area contributed by atoms with E-state index >= 15 is 0 Å². The van der Waals surface area contributed by atoms with E-state index in [0.29, 0.717) is 5.69 Å². The molecule has 1 atom stereocenters. The molecule has 7 nitrogen and oxygen atoms in total. The number of carbonyl (C=O) groups is 1. The van der Waals surface area contributed by atoms with E-state index in [1.165, 1.54) is 30.5 Å². The van der Waals surface area contributed by atoms with Gasteiger partial charge in [0.15, 0.2) is 0 Å². The zero-order valence-electron chi connectivity index (χ0n) is 20.8. The quantitative estimate of drug-likeness (QED) is 0.364. The van der Waals surface area contributed by atoms with Crippen molar-refractivity contribution in [1.82, 2.24) is 19.7 Å². The summed E-state index contributed by atoms with van der Waals surface area (Å²) in [7, 11) is 0. The van der Waals surface area contributed by atoms with Crippen molar-refractivity contribution in [2.24, 2.45) is 0 Å². The number of aromatic nitrogens is 3. The lowest BCUT2D eigenvalue weighted by Crippen LogP contribution is -2.51. The van der Waals surface area contributed by atoms with E-state index in [0.717, 1.165) is 26.0 Å². The first-order valence-corrected chi connectivity index (χ1v) is 11.3. The summed E-state index contributed by atoms with van der Waals surface area (Å²) < 4.78 is 99.6. The molecule has 208 valence electrons. The maximum absolute atomic E-state index is 14.0. The topological polar surface area (TPSA) is 88.8 Å². The molecule has 2 N–H and O–H groups in total. The van der Waals surface area contributed by atoms with Crippen LogP contribution in [0.25, 0.3) is 5.65 Å². The molecule has 0 aliphatic heterocycles. The molecule has 0 saturated heterocycles. The minimum atomic E-state index is -5.79. The molecule has 0 spiro atoms. The van der Waals surface area contributed by atoms with Gasteiger partial charge in [-0.1, -0.05) is 6.07 Å². The van der Waals surface area contributed by atoms with E-state index < -0.39 is 60.7 Å². The van der Waals surface area contributed by atoms with Crippen LogP contribution >= 0.6 is 0 Å². The van der Waals surface area contributed by atoms with Crippen LogP contribution in [0.15, 0.2) is 24.4 Å². The fourth-order valence-corrected chi connectivity index (χ4v) is 3.73. The second-order valence-electron chi connectivity index (χ2n) is 9.34. The van der Waals surface area contributed by atoms with Crippen molar-refractivity contribution in [1.29, 1.82) is 0 Å². The number of alkyl halides is 5. The molecule has 1 aromatic carbocycles. The van der Waals surface area contributed by atoms with Gasteiger partial charge in [0, 0.05) is 12.6 Å². The van der Waals surface area contributed by atoms with Crippen LogP contribution in [0.1, 0.15) is 54.1 Å². The molecule has 2 aromatic heterocycles. The molecule has 0 aliphatic rings. The van der Waals surface area contributed by atoms with E-state index in [1.807, 2.05) is 0 Å². The molecule has 14 heteroatoms. The highest BCUT2D eigenvalue weighted by Gasteiger charge is 2.57. The van der Waals surface area contributed by atoms with Gasteiger partial charge in [-0.05, 0) is 46.2 Å². The fraction of sp³-hybridized carbons (Fsp3) is 0.458. The maximum atomic E-state index is 14.0. The number of ether oxygens (including phenoxy) is 1. The summed E-state index contributed by atoms with van der Waals surface area (Å²) in [6, 6.07) is 1.79. The van der Waals surface area contributed by atoms with Crippen molar-refractivity contribution in [3.8, 4) is 5.88 Å². The van der Waals surface area contributed by atoms with Crippen LogP contribution in [0.2, 0.25) is 0 Å². The van der Waals surface area contributed by atoms with Crippen LogP contribution in [0.4, 0.5) is 30.7 Å². The summed E-state index contributed by atoms with van der Waals surface area (Å²) >= 11 is 0. The molecule has 1 amide bonds. The Balaban J connectivity index is 1.91. The Morgan fingerprint density at radius 3 is 2.26 bits per heavy atom. The molecular weight excluding hydrogens is 525 g/mol. The second-order valence-corrected chi connectivity index (χ2v) is 9.34. The number of fused-ring (bicyclic) bond motifs is 1. The lowest BCUT2D eigenvalue weighted by atomic mass is 9.92. The van der Waals surface area contributed by atoms with Gasteiger partial charge in [-0.2, -0.15) is 22.0 Å². The number of benzene rings is 1. The Morgan fingerprint density at radius 1 is 1.11 bits per heavy atom. The Kier molecular flexibility index (Phi) is 7.97. The molecule has 0 saturated carbocycles. The van der Waals surface area contributed by atoms with Crippen molar-refractivity contribution in [3.63, 3.8) is 0 Å². The highest BCUT2D eigenvalue weighted by molar-refractivity contribution is 5.95. The molecular formula is C24H25F7N4O3. The zero-order chi connectivity index (χ0) is 28.6. The average Bonchev–Trinajstić information content (AvgIpc) is 3.10. The minimum absolute atomic E-state index is 0.0154. The number of hydrogen-bond acceptors (Lipinski definition) is 5. The predicted octanol–water partition coefficient (Wildman–Crippen LogP) is 5.05. The first-order chi connectivity index (χ1) is 17.4. The molecule has 1 unspecified atom stereocenters. The standard InChI is InChI=1S/C24H25F7N4O3/c1-12-10-35-18(20(36)34-17(22(3,4)37)8-9-23(27,28)24(29,30)31)13(2)33-19(35)21(32-12)38-11-14-15(25)6-5-7-16(14)26/h5-7,10,17,37H,8-9,11H2,1-4H3,(H,34,36). The number of rotatable bonds is 9. The van der Waals surface area contributed by atoms with Crippen LogP contribution in [0, 0.1) is 25.5 Å². The van der Waals surface area contributed by atoms with Gasteiger partial charge in [0.2, 0.25) is 5.65 Å². The van der Waals surface area contributed by atoms with Crippen LogP contribution in [0.3, 0.4) is 0 Å². The molecule has 38 heavy (non-hydrogen) atoms. The van der Waals surface area contributed by atoms with Gasteiger partial charge in [-0.3, -0.25) is 9.20 Å². The van der Waals surface area contributed by atoms with Gasteiger partial charge in [-0.25, -0.2) is 18.7 Å². The number of aryl methyl sites for hydroxylation is 2. The van der Waals surface area contributed by atoms with Crippen molar-refractivity contribution < 1.29 is 45.4 Å². The van der Waals surface area contributed by atoms with Crippen LogP contribution in [-0.2, 0) is 6.61 Å². The van der Waals surface area contributed by atoms with Crippen molar-refractivity contribution >= 4 is 11.6 Å². The van der Waals surface area contributed by atoms with E-state index in [1.54, 1.807) is 0 Å². The third-order valence-electron chi connectivity index (χ3n) is 5.82. The summed E-state index contributed by atoms with van der Waals surface area (Å²) in [5.41, 5.74) is -1.97. The smallest absolute Gasteiger partial charge is 0.453 e. The Labute approximate surface area is 212 Å². The number of amides is 1. The van der Waals surface area contributed by atoms with E-state index in [2.05, 4.69) is 15.3 Å². The maximum Gasteiger partial charge on any atom is 0.453 e. The first-order valence-electron chi connectivity index (χ1n) is 11.3. The van der Waals surface area contributed by atoms with Crippen LogP contribution < -0.4 is 10.1 Å². The molecule has 0 radical (unpaired) electrons. The SMILES string of the molecule is Cc1cn2c(C(=O)NC(CCC(F)(F)C(F)(F)F)C(C)(C)O)c(C)nc2c(OCc2c(F)cccc2F)n1. The average molecular weight is 550 g/mol. The fourth-order valence-electron chi connectivity index (χ4n) is 3.73. The van der Waals surface area contributed by atoms with Gasteiger partial charge in [0.1, 0.15) is 23.9 Å². The highest BCUT2D eigenvalue weighted by Crippen LogP contribution is 2.39. The van der Waals surface area contributed by atoms with Crippen LogP contribution in [0.5, 0.6) is 5.88 Å². The summed E-state index contributed by atoms with van der Waals surface area (Å²) in [5.74, 6) is -7.80. The van der Waals surface area contributed by atoms with E-state index in [4.69, 9.17) is 4.74 Å². The number of nitrogens with one attached hydrogen (secondary N) is 1. The molecule has 0 aliphatic carbocycles. The molecule has 0 bridgehead atoms. The monoisotopic (exact) mass is 550 g/mol. The Morgan fingerprint density at radius 2 is 1.71 bits per heavy atom. The first kappa shape index (κ1) is 29.1. The number of carbonyl (C=O) groups excluding carboxylic acids is 1. The van der Waals surface area contributed by atoms with Gasteiger partial charge in [-0.15, -0.1) is 0 Å². The summed E-state index contributed by atoms with van der Waals surface area (Å²) in [5, 5.41) is 12.7. The van der Waals surface area contributed by atoms with Crippen molar-refractivity contribution in [2.45, 2.75) is 70.9 Å². The lowest BCUT2D eigenvalue weighted by Gasteiger charge is -2.31. The lowest BCUT2D eigenvalue weighted by molar-refractivity contribution is -0.285. The zero-order valence-corrected chi connectivity index (χ0v) is 20.8. The van der Waals surface area contributed by atoms with Gasteiger partial charge in [0.25, 0.3) is 11.8 Å². The minimum Gasteiger partial charge on any atom is -0.470 e. The molecule has 3 rings (SSSR count). The van der Waals surface area contributed by atoms with E-state index in [9.17, 15) is 40.6 Å². The van der Waals surface area contributed by atoms with Gasteiger partial charge in [0.05, 0.1) is 28.6 Å². The summed E-state index contributed by atoms with van der Waals surface area (Å²) in [4.78, 5) is 21.5. The van der Waals surface area contributed by atoms with E-state index in [-0.39, 0.29) is 28.5 Å². The third-order valence-corrected chi connectivity index (χ3v) is 5.82. The predicted molar refractivity (Wildman–Crippen MR) is 121 cm³/mol. The molecule has 2 heterocycles.